The zero-order chi connectivity index (χ0) is 11.2. The molecule has 0 radical (unpaired) electrons. The van der Waals surface area contributed by atoms with Crippen molar-refractivity contribution in [3.8, 4) is 0 Å². The lowest BCUT2D eigenvalue weighted by atomic mass is 9.97. The summed E-state index contributed by atoms with van der Waals surface area (Å²) in [6.07, 6.45) is 10.1. The van der Waals surface area contributed by atoms with Gasteiger partial charge in [0.25, 0.3) is 0 Å². The number of H-pyrrole nitrogens is 1. The molecule has 1 saturated carbocycles. The fourth-order valence-electron chi connectivity index (χ4n) is 2.74. The Kier molecular flexibility index (Phi) is 4.40. The van der Waals surface area contributed by atoms with E-state index in [1.165, 1.54) is 44.2 Å². The van der Waals surface area contributed by atoms with E-state index in [1.807, 2.05) is 12.3 Å². The van der Waals surface area contributed by atoms with Crippen molar-refractivity contribution in [2.24, 2.45) is 5.92 Å². The van der Waals surface area contributed by atoms with Crippen LogP contribution < -0.4 is 5.32 Å². The zero-order valence-corrected chi connectivity index (χ0v) is 10.2. The summed E-state index contributed by atoms with van der Waals surface area (Å²) in [5.41, 5.74) is 1.20. The summed E-state index contributed by atoms with van der Waals surface area (Å²) in [4.78, 5) is 0. The fourth-order valence-corrected chi connectivity index (χ4v) is 2.74. The van der Waals surface area contributed by atoms with E-state index in [0.717, 1.165) is 18.5 Å². The number of aromatic amines is 1. The first-order chi connectivity index (χ1) is 7.90. The number of rotatable bonds is 6. The molecule has 0 spiro atoms. The van der Waals surface area contributed by atoms with Crippen LogP contribution in [0.3, 0.4) is 0 Å². The molecule has 90 valence electrons. The van der Waals surface area contributed by atoms with Gasteiger partial charge in [0.1, 0.15) is 0 Å². The third-order valence-corrected chi connectivity index (χ3v) is 3.70. The van der Waals surface area contributed by atoms with E-state index < -0.39 is 0 Å². The topological polar surface area (TPSA) is 40.7 Å². The lowest BCUT2D eigenvalue weighted by Crippen LogP contribution is -2.32. The van der Waals surface area contributed by atoms with Crippen molar-refractivity contribution in [2.45, 2.75) is 58.0 Å². The van der Waals surface area contributed by atoms with Gasteiger partial charge in [-0.25, -0.2) is 0 Å². The number of nitrogens with one attached hydrogen (secondary N) is 2. The van der Waals surface area contributed by atoms with E-state index in [9.17, 15) is 0 Å². The van der Waals surface area contributed by atoms with Crippen molar-refractivity contribution in [2.75, 3.05) is 0 Å². The van der Waals surface area contributed by atoms with E-state index in [2.05, 4.69) is 22.4 Å². The summed E-state index contributed by atoms with van der Waals surface area (Å²) in [7, 11) is 0. The highest BCUT2D eigenvalue weighted by atomic mass is 15.1. The van der Waals surface area contributed by atoms with Crippen LogP contribution in [0, 0.1) is 5.92 Å². The van der Waals surface area contributed by atoms with E-state index >= 15 is 0 Å². The standard InChI is InChI=1S/C13H23N3/c1-2-3-5-11-6-4-7-13(11)14-10-12-8-9-15-16-12/h8-9,11,13-14H,2-7,10H2,1H3,(H,15,16). The Hall–Kier alpha value is -0.830. The van der Waals surface area contributed by atoms with Crippen LogP contribution in [0.15, 0.2) is 12.3 Å². The predicted octanol–water partition coefficient (Wildman–Crippen LogP) is 2.86. The van der Waals surface area contributed by atoms with E-state index in [0.29, 0.717) is 0 Å². The van der Waals surface area contributed by atoms with Gasteiger partial charge in [0, 0.05) is 24.5 Å². The van der Waals surface area contributed by atoms with Crippen LogP contribution in [0.25, 0.3) is 0 Å². The molecule has 1 fully saturated rings. The summed E-state index contributed by atoms with van der Waals surface area (Å²) < 4.78 is 0. The molecule has 0 aliphatic heterocycles. The third-order valence-electron chi connectivity index (χ3n) is 3.70. The molecule has 0 bridgehead atoms. The minimum atomic E-state index is 0.731. The molecular weight excluding hydrogens is 198 g/mol. The maximum absolute atomic E-state index is 3.97. The lowest BCUT2D eigenvalue weighted by molar-refractivity contribution is 0.367. The largest absolute Gasteiger partial charge is 0.308 e. The molecule has 3 nitrogen and oxygen atoms in total. The lowest BCUT2D eigenvalue weighted by Gasteiger charge is -2.20. The molecule has 1 heterocycles. The van der Waals surface area contributed by atoms with Crippen LogP contribution in [0.4, 0.5) is 0 Å². The Bertz CT molecular complexity index is 281. The SMILES string of the molecule is CCCCC1CCCC1NCc1ccn[nH]1. The Labute approximate surface area is 98.0 Å². The van der Waals surface area contributed by atoms with Crippen molar-refractivity contribution in [3.63, 3.8) is 0 Å². The monoisotopic (exact) mass is 221 g/mol. The highest BCUT2D eigenvalue weighted by Crippen LogP contribution is 2.29. The molecule has 0 amide bonds. The van der Waals surface area contributed by atoms with Gasteiger partial charge in [0.05, 0.1) is 0 Å². The molecule has 0 saturated heterocycles. The van der Waals surface area contributed by atoms with Crippen LogP contribution >= 0.6 is 0 Å². The number of unbranched alkanes of at least 4 members (excludes halogenated alkanes) is 1. The molecule has 16 heavy (non-hydrogen) atoms. The number of aromatic nitrogens is 2. The van der Waals surface area contributed by atoms with Crippen LogP contribution in [0.5, 0.6) is 0 Å². The van der Waals surface area contributed by atoms with Crippen molar-refractivity contribution < 1.29 is 0 Å². The molecule has 1 aliphatic carbocycles. The second kappa shape index (κ2) is 6.04. The Balaban J connectivity index is 1.75. The van der Waals surface area contributed by atoms with Gasteiger partial charge >= 0.3 is 0 Å². The first-order valence-corrected chi connectivity index (χ1v) is 6.61. The molecule has 2 unspecified atom stereocenters. The molecule has 2 rings (SSSR count). The van der Waals surface area contributed by atoms with Crippen molar-refractivity contribution in [1.82, 2.24) is 15.5 Å². The molecule has 1 aromatic rings. The minimum Gasteiger partial charge on any atom is -0.308 e. The molecule has 2 N–H and O–H groups in total. The molecule has 0 aromatic carbocycles. The third kappa shape index (κ3) is 3.08. The van der Waals surface area contributed by atoms with Crippen LogP contribution in [0.2, 0.25) is 0 Å². The van der Waals surface area contributed by atoms with Gasteiger partial charge in [-0.05, 0) is 31.2 Å². The molecule has 2 atom stereocenters. The summed E-state index contributed by atoms with van der Waals surface area (Å²) in [5.74, 6) is 0.905. The maximum Gasteiger partial charge on any atom is 0.0490 e. The number of hydrogen-bond acceptors (Lipinski definition) is 2. The molecular formula is C13H23N3. The smallest absolute Gasteiger partial charge is 0.0490 e. The van der Waals surface area contributed by atoms with Crippen LogP contribution in [0.1, 0.15) is 51.1 Å². The first kappa shape index (κ1) is 11.6. The maximum atomic E-state index is 3.97. The van der Waals surface area contributed by atoms with Gasteiger partial charge in [-0.2, -0.15) is 5.10 Å². The average molecular weight is 221 g/mol. The molecule has 3 heteroatoms. The number of hydrogen-bond donors (Lipinski definition) is 2. The van der Waals surface area contributed by atoms with Gasteiger partial charge in [-0.3, -0.25) is 5.10 Å². The first-order valence-electron chi connectivity index (χ1n) is 6.61. The van der Waals surface area contributed by atoms with Crippen molar-refractivity contribution in [3.05, 3.63) is 18.0 Å². The van der Waals surface area contributed by atoms with Crippen LogP contribution in [-0.2, 0) is 6.54 Å². The summed E-state index contributed by atoms with van der Waals surface area (Å²) >= 11 is 0. The summed E-state index contributed by atoms with van der Waals surface area (Å²) in [6.45, 7) is 3.22. The molecule has 1 aliphatic rings. The molecule has 1 aromatic heterocycles. The van der Waals surface area contributed by atoms with Gasteiger partial charge in [-0.15, -0.1) is 0 Å². The Morgan fingerprint density at radius 1 is 1.50 bits per heavy atom. The van der Waals surface area contributed by atoms with E-state index in [4.69, 9.17) is 0 Å². The van der Waals surface area contributed by atoms with E-state index in [1.54, 1.807) is 0 Å². The highest BCUT2D eigenvalue weighted by Gasteiger charge is 2.25. The van der Waals surface area contributed by atoms with E-state index in [-0.39, 0.29) is 0 Å². The average Bonchev–Trinajstić information content (AvgIpc) is 2.94. The van der Waals surface area contributed by atoms with Gasteiger partial charge in [0.15, 0.2) is 0 Å². The zero-order valence-electron chi connectivity index (χ0n) is 10.2. The Morgan fingerprint density at radius 2 is 2.44 bits per heavy atom. The Morgan fingerprint density at radius 3 is 3.19 bits per heavy atom. The predicted molar refractivity (Wildman–Crippen MR) is 66.1 cm³/mol. The second-order valence-corrected chi connectivity index (χ2v) is 4.90. The van der Waals surface area contributed by atoms with Crippen molar-refractivity contribution in [1.29, 1.82) is 0 Å². The minimum absolute atomic E-state index is 0.731. The van der Waals surface area contributed by atoms with Gasteiger partial charge < -0.3 is 5.32 Å². The highest BCUT2D eigenvalue weighted by molar-refractivity contribution is 4.97. The normalized spacial score (nSPS) is 25.1. The van der Waals surface area contributed by atoms with Gasteiger partial charge in [-0.1, -0.05) is 26.2 Å². The second-order valence-electron chi connectivity index (χ2n) is 4.90. The fraction of sp³-hybridized carbons (Fsp3) is 0.769. The van der Waals surface area contributed by atoms with Gasteiger partial charge in [0.2, 0.25) is 0 Å². The quantitative estimate of drug-likeness (QED) is 0.775. The number of nitrogens with zero attached hydrogens (tertiary/aromatic N) is 1. The van der Waals surface area contributed by atoms with Crippen LogP contribution in [-0.4, -0.2) is 16.2 Å². The van der Waals surface area contributed by atoms with Crippen molar-refractivity contribution >= 4 is 0 Å². The summed E-state index contributed by atoms with van der Waals surface area (Å²) in [5, 5.41) is 10.6. The summed E-state index contributed by atoms with van der Waals surface area (Å²) in [6, 6.07) is 2.78.